The van der Waals surface area contributed by atoms with Crippen LogP contribution >= 0.6 is 15.9 Å². The van der Waals surface area contributed by atoms with E-state index in [1.165, 1.54) is 41.3 Å². The highest BCUT2D eigenvalue weighted by Crippen LogP contribution is 2.43. The van der Waals surface area contributed by atoms with Crippen LogP contribution in [0.5, 0.6) is 23.0 Å². The van der Waals surface area contributed by atoms with E-state index in [2.05, 4.69) is 112 Å². The summed E-state index contributed by atoms with van der Waals surface area (Å²) < 4.78 is 58.0. The second-order valence-corrected chi connectivity index (χ2v) is 14.3. The molecule has 0 spiro atoms. The highest BCUT2D eigenvalue weighted by atomic mass is 79.9. The summed E-state index contributed by atoms with van der Waals surface area (Å²) in [5.41, 5.74) is 9.86. The van der Waals surface area contributed by atoms with Crippen molar-refractivity contribution in [3.05, 3.63) is 149 Å². The average molecular weight is 826 g/mol. The summed E-state index contributed by atoms with van der Waals surface area (Å²) in [7, 11) is -1.40. The fraction of sp³-hybridized carbons (Fsp3) is 0.200. The molecule has 1 atom stereocenters. The third kappa shape index (κ3) is 10.5. The summed E-state index contributed by atoms with van der Waals surface area (Å²) in [5.74, 6) is 0.975. The Kier molecular flexibility index (Phi) is 12.8. The van der Waals surface area contributed by atoms with E-state index < -0.39 is 19.5 Å². The van der Waals surface area contributed by atoms with Gasteiger partial charge in [-0.15, -0.1) is 8.78 Å². The van der Waals surface area contributed by atoms with Crippen molar-refractivity contribution in [2.75, 3.05) is 0 Å². The Morgan fingerprint density at radius 1 is 0.500 bits per heavy atom. The van der Waals surface area contributed by atoms with Crippen LogP contribution in [0.25, 0.3) is 33.4 Å². The normalized spacial score (nSPS) is 15.6. The number of fused-ring (bicyclic) bond motifs is 2. The molecule has 0 saturated carbocycles. The Bertz CT molecular complexity index is 2210. The maximum atomic E-state index is 13.8. The molecule has 2 N–H and O–H groups in total. The van der Waals surface area contributed by atoms with E-state index in [1.807, 2.05) is 24.3 Å². The Labute approximate surface area is 333 Å². The van der Waals surface area contributed by atoms with Crippen LogP contribution in [0.3, 0.4) is 0 Å². The smallest absolute Gasteiger partial charge is 0.423 e. The van der Waals surface area contributed by atoms with Crippen LogP contribution < -0.4 is 24.4 Å². The van der Waals surface area contributed by atoms with Crippen molar-refractivity contribution < 1.29 is 42.2 Å². The van der Waals surface area contributed by atoms with Crippen molar-refractivity contribution in [3.63, 3.8) is 0 Å². The lowest BCUT2D eigenvalue weighted by molar-refractivity contribution is -0.286. The predicted molar refractivity (Wildman–Crippen MR) is 218 cm³/mol. The number of hydrogen-bond acceptors (Lipinski definition) is 6. The van der Waals surface area contributed by atoms with E-state index in [4.69, 9.17) is 19.5 Å². The molecule has 1 unspecified atom stereocenters. The first-order chi connectivity index (χ1) is 26.8. The number of halogens is 4. The van der Waals surface area contributed by atoms with Gasteiger partial charge in [-0.3, -0.25) is 0 Å². The second-order valence-electron chi connectivity index (χ2n) is 13.4. The van der Waals surface area contributed by atoms with Gasteiger partial charge in [0.25, 0.3) is 0 Å². The van der Waals surface area contributed by atoms with Crippen LogP contribution in [0.15, 0.2) is 138 Å². The number of ether oxygens (including phenoxy) is 4. The van der Waals surface area contributed by atoms with E-state index >= 15 is 0 Å². The number of rotatable bonds is 8. The molecule has 2 aliphatic rings. The lowest BCUT2D eigenvalue weighted by atomic mass is 9.80. The van der Waals surface area contributed by atoms with Crippen LogP contribution in [0.2, 0.25) is 0 Å². The summed E-state index contributed by atoms with van der Waals surface area (Å²) in [4.78, 5) is 0. The molecule has 6 aromatic carbocycles. The molecule has 0 amide bonds. The predicted octanol–water partition coefficient (Wildman–Crippen LogP) is 11.1. The topological polar surface area (TPSA) is 77.4 Å². The molecule has 0 radical (unpaired) electrons. The van der Waals surface area contributed by atoms with E-state index in [1.54, 1.807) is 24.3 Å². The summed E-state index contributed by atoms with van der Waals surface area (Å²) >= 11 is 3.12. The maximum Gasteiger partial charge on any atom is 0.586 e. The summed E-state index contributed by atoms with van der Waals surface area (Å²) in [6.07, 6.45) is 1.01. The molecular formula is C45H41BBrF3O6. The van der Waals surface area contributed by atoms with Gasteiger partial charge in [-0.05, 0) is 93.1 Å². The minimum Gasteiger partial charge on any atom is -0.423 e. The molecule has 0 fully saturated rings. The van der Waals surface area contributed by atoms with Crippen LogP contribution in [0, 0.1) is 0 Å². The highest BCUT2D eigenvalue weighted by Gasteiger charge is 2.43. The number of aryl methyl sites for hydroxylation is 2. The van der Waals surface area contributed by atoms with Gasteiger partial charge in [0.15, 0.2) is 23.0 Å². The third-order valence-electron chi connectivity index (χ3n) is 8.97. The zero-order valence-electron chi connectivity index (χ0n) is 31.1. The van der Waals surface area contributed by atoms with E-state index in [0.29, 0.717) is 21.4 Å². The number of hydrogen-bond donors (Lipinski definition) is 2. The van der Waals surface area contributed by atoms with Gasteiger partial charge in [-0.1, -0.05) is 146 Å². The molecule has 11 heteroatoms. The molecule has 2 aliphatic heterocycles. The molecule has 8 rings (SSSR count). The Hall–Kier alpha value is -5.23. The van der Waals surface area contributed by atoms with Gasteiger partial charge < -0.3 is 29.0 Å². The average Bonchev–Trinajstić information content (AvgIpc) is 3.67. The van der Waals surface area contributed by atoms with Crippen LogP contribution in [0.4, 0.5) is 13.2 Å². The molecule has 2 heterocycles. The van der Waals surface area contributed by atoms with Crippen molar-refractivity contribution in [2.45, 2.75) is 58.8 Å². The fourth-order valence-electron chi connectivity index (χ4n) is 6.20. The quantitative estimate of drug-likeness (QED) is 0.149. The number of benzene rings is 6. The van der Waals surface area contributed by atoms with E-state index in [0.717, 1.165) is 47.9 Å². The van der Waals surface area contributed by atoms with Crippen molar-refractivity contribution in [1.82, 2.24) is 0 Å². The van der Waals surface area contributed by atoms with Crippen LogP contribution in [-0.2, 0) is 12.8 Å². The summed E-state index contributed by atoms with van der Waals surface area (Å²) in [6, 6.07) is 40.7. The van der Waals surface area contributed by atoms with Crippen molar-refractivity contribution in [3.8, 4) is 56.4 Å². The molecule has 56 heavy (non-hydrogen) atoms. The molecule has 0 aromatic heterocycles. The first-order valence-electron chi connectivity index (χ1n) is 18.3. The largest absolute Gasteiger partial charge is 0.586 e. The van der Waals surface area contributed by atoms with Gasteiger partial charge in [0.05, 0.1) is 0 Å². The van der Waals surface area contributed by atoms with E-state index in [9.17, 15) is 13.2 Å². The Morgan fingerprint density at radius 2 is 0.875 bits per heavy atom. The molecule has 0 saturated heterocycles. The van der Waals surface area contributed by atoms with Gasteiger partial charge in [0, 0.05) is 11.4 Å². The van der Waals surface area contributed by atoms with Gasteiger partial charge in [0.1, 0.15) is 0 Å². The molecule has 6 aromatic rings. The zero-order valence-corrected chi connectivity index (χ0v) is 32.7. The van der Waals surface area contributed by atoms with Crippen molar-refractivity contribution in [1.29, 1.82) is 0 Å². The highest BCUT2D eigenvalue weighted by molar-refractivity contribution is 9.10. The minimum absolute atomic E-state index is 0.0503. The maximum absolute atomic E-state index is 13.8. The van der Waals surface area contributed by atoms with Gasteiger partial charge in [-0.2, -0.15) is 4.39 Å². The number of alkyl halides is 3. The molecule has 6 nitrogen and oxygen atoms in total. The first kappa shape index (κ1) is 40.4. The monoisotopic (exact) mass is 824 g/mol. The standard InChI is InChI=1S/C23H21FO2.C15H17BO2.C7H3BrF2O2/c1-3-4-16-5-7-17(8-6-16)18-9-11-19(12-10-18)20-13-14-21-22(15-20)26-23(2,24)25-21;1-2-3-12-4-6-13(7-5-12)14-8-10-15(11-9-14)16(17)18;8-4-1-2-5-6(3-4)12-7(9,10)11-5/h5-15H,3-4H2,1-2H3;4-11,17-18H,2-3H2,1H3;1-3H. The molecule has 0 bridgehead atoms. The minimum atomic E-state index is -3.52. The van der Waals surface area contributed by atoms with Crippen molar-refractivity contribution in [2.24, 2.45) is 0 Å². The SMILES string of the molecule is CCCc1ccc(-c2ccc(-c3ccc4c(c3)OC(C)(F)O4)cc2)cc1.CCCc1ccc(-c2ccc(B(O)O)cc2)cc1.FC1(F)Oc2ccc(Br)cc2O1. The zero-order chi connectivity index (χ0) is 39.9. The lowest BCUT2D eigenvalue weighted by Crippen LogP contribution is -2.29. The Morgan fingerprint density at radius 3 is 1.38 bits per heavy atom. The fourth-order valence-corrected chi connectivity index (χ4v) is 6.54. The molecular weight excluding hydrogens is 784 g/mol. The van der Waals surface area contributed by atoms with Gasteiger partial charge in [0.2, 0.25) is 0 Å². The van der Waals surface area contributed by atoms with Gasteiger partial charge >= 0.3 is 19.5 Å². The van der Waals surface area contributed by atoms with E-state index in [-0.39, 0.29) is 11.5 Å². The lowest BCUT2D eigenvalue weighted by Gasteiger charge is -2.10. The van der Waals surface area contributed by atoms with Gasteiger partial charge in [-0.25, -0.2) is 0 Å². The van der Waals surface area contributed by atoms with Crippen molar-refractivity contribution >= 4 is 28.5 Å². The summed E-state index contributed by atoms with van der Waals surface area (Å²) in [5, 5.41) is 18.1. The molecule has 0 aliphatic carbocycles. The second kappa shape index (κ2) is 17.7. The molecule has 288 valence electrons. The van der Waals surface area contributed by atoms with Crippen LogP contribution in [-0.4, -0.2) is 29.5 Å². The Balaban J connectivity index is 0.000000154. The first-order valence-corrected chi connectivity index (χ1v) is 19.1. The summed E-state index contributed by atoms with van der Waals surface area (Å²) in [6.45, 7) is 5.62. The van der Waals surface area contributed by atoms with Crippen LogP contribution in [0.1, 0.15) is 44.7 Å². The third-order valence-corrected chi connectivity index (χ3v) is 9.46.